The SMILES string of the molecule is CC(C)(N)CC(=O)NCC(C)(C)C(N)=O. The number of rotatable bonds is 5. The van der Waals surface area contributed by atoms with Crippen LogP contribution in [0.2, 0.25) is 0 Å². The number of amides is 2. The zero-order valence-corrected chi connectivity index (χ0v) is 9.89. The molecule has 5 heteroatoms. The third-order valence-electron chi connectivity index (χ3n) is 2.01. The Labute approximate surface area is 90.6 Å². The van der Waals surface area contributed by atoms with Crippen molar-refractivity contribution in [2.75, 3.05) is 6.54 Å². The Morgan fingerprint density at radius 1 is 1.20 bits per heavy atom. The van der Waals surface area contributed by atoms with Gasteiger partial charge in [-0.1, -0.05) is 0 Å². The van der Waals surface area contributed by atoms with Gasteiger partial charge in [0, 0.05) is 18.5 Å². The number of hydrogen-bond donors (Lipinski definition) is 3. The second kappa shape index (κ2) is 4.61. The van der Waals surface area contributed by atoms with Crippen LogP contribution >= 0.6 is 0 Å². The molecule has 5 nitrogen and oxygen atoms in total. The molecule has 0 saturated carbocycles. The molecule has 15 heavy (non-hydrogen) atoms. The third kappa shape index (κ3) is 6.06. The van der Waals surface area contributed by atoms with Crippen LogP contribution in [0.15, 0.2) is 0 Å². The van der Waals surface area contributed by atoms with Crippen LogP contribution in [0.25, 0.3) is 0 Å². The standard InChI is InChI=1S/C10H21N3O2/c1-9(2,8(11)15)6-13-7(14)5-10(3,4)12/h5-6,12H2,1-4H3,(H2,11,15)(H,13,14). The van der Waals surface area contributed by atoms with Crippen LogP contribution < -0.4 is 16.8 Å². The van der Waals surface area contributed by atoms with Gasteiger partial charge in [-0.3, -0.25) is 9.59 Å². The maximum Gasteiger partial charge on any atom is 0.224 e. The quantitative estimate of drug-likeness (QED) is 0.589. The molecule has 88 valence electrons. The summed E-state index contributed by atoms with van der Waals surface area (Å²) in [5, 5.41) is 2.64. The summed E-state index contributed by atoms with van der Waals surface area (Å²) >= 11 is 0. The molecule has 0 aromatic carbocycles. The number of hydrogen-bond acceptors (Lipinski definition) is 3. The fourth-order valence-electron chi connectivity index (χ4n) is 0.883. The molecule has 0 spiro atoms. The normalized spacial score (nSPS) is 12.3. The minimum absolute atomic E-state index is 0.170. The molecule has 0 unspecified atom stereocenters. The fourth-order valence-corrected chi connectivity index (χ4v) is 0.883. The van der Waals surface area contributed by atoms with Crippen molar-refractivity contribution in [3.63, 3.8) is 0 Å². The second-order valence-corrected chi connectivity index (χ2v) is 5.19. The molecule has 0 rings (SSSR count). The van der Waals surface area contributed by atoms with Gasteiger partial charge < -0.3 is 16.8 Å². The van der Waals surface area contributed by atoms with Crippen LogP contribution in [0.4, 0.5) is 0 Å². The monoisotopic (exact) mass is 215 g/mol. The number of carbonyl (C=O) groups excluding carboxylic acids is 2. The molecule has 0 atom stereocenters. The Kier molecular flexibility index (Phi) is 4.27. The van der Waals surface area contributed by atoms with Gasteiger partial charge in [-0.25, -0.2) is 0 Å². The predicted octanol–water partition coefficient (Wildman–Crippen LogP) is -0.258. The van der Waals surface area contributed by atoms with Crippen molar-refractivity contribution < 1.29 is 9.59 Å². The van der Waals surface area contributed by atoms with E-state index < -0.39 is 16.9 Å². The van der Waals surface area contributed by atoms with E-state index in [0.717, 1.165) is 0 Å². The molecular weight excluding hydrogens is 194 g/mol. The third-order valence-corrected chi connectivity index (χ3v) is 2.01. The molecule has 0 aromatic rings. The highest BCUT2D eigenvalue weighted by atomic mass is 16.2. The highest BCUT2D eigenvalue weighted by Crippen LogP contribution is 2.12. The van der Waals surface area contributed by atoms with Crippen molar-refractivity contribution in [2.24, 2.45) is 16.9 Å². The zero-order chi connectivity index (χ0) is 12.3. The van der Waals surface area contributed by atoms with Crippen LogP contribution in [0.3, 0.4) is 0 Å². The minimum Gasteiger partial charge on any atom is -0.369 e. The van der Waals surface area contributed by atoms with Crippen molar-refractivity contribution in [3.05, 3.63) is 0 Å². The van der Waals surface area contributed by atoms with Crippen LogP contribution in [-0.4, -0.2) is 23.9 Å². The first-order valence-electron chi connectivity index (χ1n) is 4.90. The van der Waals surface area contributed by atoms with Crippen LogP contribution in [0, 0.1) is 5.41 Å². The first-order chi connectivity index (χ1) is 6.54. The van der Waals surface area contributed by atoms with E-state index in [9.17, 15) is 9.59 Å². The summed E-state index contributed by atoms with van der Waals surface area (Å²) in [5.74, 6) is -0.605. The lowest BCUT2D eigenvalue weighted by Gasteiger charge is -2.23. The highest BCUT2D eigenvalue weighted by molar-refractivity contribution is 5.82. The van der Waals surface area contributed by atoms with Crippen LogP contribution in [0.5, 0.6) is 0 Å². The number of nitrogens with one attached hydrogen (secondary N) is 1. The van der Waals surface area contributed by atoms with Gasteiger partial charge in [0.05, 0.1) is 5.41 Å². The van der Waals surface area contributed by atoms with Gasteiger partial charge in [-0.2, -0.15) is 0 Å². The summed E-state index contributed by atoms with van der Waals surface area (Å²) in [6.07, 6.45) is 0.224. The predicted molar refractivity (Wildman–Crippen MR) is 58.9 cm³/mol. The van der Waals surface area contributed by atoms with Gasteiger partial charge in [0.25, 0.3) is 0 Å². The van der Waals surface area contributed by atoms with Crippen molar-refractivity contribution in [1.82, 2.24) is 5.32 Å². The van der Waals surface area contributed by atoms with Crippen molar-refractivity contribution in [2.45, 2.75) is 39.7 Å². The Balaban J connectivity index is 4.07. The maximum atomic E-state index is 11.4. The molecule has 5 N–H and O–H groups in total. The molecule has 0 aliphatic carbocycles. The molecule has 0 saturated heterocycles. The van der Waals surface area contributed by atoms with E-state index in [1.807, 2.05) is 0 Å². The van der Waals surface area contributed by atoms with Crippen LogP contribution in [0.1, 0.15) is 34.1 Å². The molecule has 0 radical (unpaired) electrons. The largest absolute Gasteiger partial charge is 0.369 e. The van der Waals surface area contributed by atoms with Gasteiger partial charge >= 0.3 is 0 Å². The summed E-state index contributed by atoms with van der Waals surface area (Å²) in [5.41, 5.74) is 9.58. The Morgan fingerprint density at radius 2 is 1.67 bits per heavy atom. The topological polar surface area (TPSA) is 98.2 Å². The average Bonchev–Trinajstić information content (AvgIpc) is 1.97. The number of nitrogens with two attached hydrogens (primary N) is 2. The Morgan fingerprint density at radius 3 is 2.00 bits per heavy atom. The highest BCUT2D eigenvalue weighted by Gasteiger charge is 2.26. The van der Waals surface area contributed by atoms with E-state index >= 15 is 0 Å². The zero-order valence-electron chi connectivity index (χ0n) is 9.89. The Hall–Kier alpha value is -1.10. The summed E-state index contributed by atoms with van der Waals surface area (Å²) in [4.78, 5) is 22.3. The van der Waals surface area contributed by atoms with Gasteiger partial charge in [0.1, 0.15) is 0 Å². The summed E-state index contributed by atoms with van der Waals surface area (Å²) in [7, 11) is 0. The lowest BCUT2D eigenvalue weighted by atomic mass is 9.92. The van der Waals surface area contributed by atoms with Crippen molar-refractivity contribution >= 4 is 11.8 Å². The van der Waals surface area contributed by atoms with E-state index in [1.54, 1.807) is 27.7 Å². The number of carbonyl (C=O) groups is 2. The molecule has 0 aliphatic rings. The summed E-state index contributed by atoms with van der Waals surface area (Å²) < 4.78 is 0. The first-order valence-corrected chi connectivity index (χ1v) is 4.90. The van der Waals surface area contributed by atoms with Gasteiger partial charge in [0.2, 0.25) is 11.8 Å². The molecule has 0 fully saturated rings. The second-order valence-electron chi connectivity index (χ2n) is 5.19. The summed E-state index contributed by atoms with van der Waals surface area (Å²) in [6.45, 7) is 7.14. The van der Waals surface area contributed by atoms with Crippen molar-refractivity contribution in [1.29, 1.82) is 0 Å². The molecule has 0 heterocycles. The molecule has 0 aromatic heterocycles. The van der Waals surface area contributed by atoms with E-state index in [1.165, 1.54) is 0 Å². The Bertz CT molecular complexity index is 254. The van der Waals surface area contributed by atoms with Gasteiger partial charge in [-0.15, -0.1) is 0 Å². The van der Waals surface area contributed by atoms with E-state index in [0.29, 0.717) is 0 Å². The first kappa shape index (κ1) is 13.9. The van der Waals surface area contributed by atoms with Gasteiger partial charge in [0.15, 0.2) is 0 Å². The molecular formula is C10H21N3O2. The van der Waals surface area contributed by atoms with E-state index in [2.05, 4.69) is 5.32 Å². The van der Waals surface area contributed by atoms with Crippen molar-refractivity contribution in [3.8, 4) is 0 Å². The summed E-state index contributed by atoms with van der Waals surface area (Å²) in [6, 6.07) is 0. The maximum absolute atomic E-state index is 11.4. The molecule has 0 bridgehead atoms. The smallest absolute Gasteiger partial charge is 0.224 e. The lowest BCUT2D eigenvalue weighted by molar-refractivity contribution is -0.127. The fraction of sp³-hybridized carbons (Fsp3) is 0.800. The van der Waals surface area contributed by atoms with E-state index in [4.69, 9.17) is 11.5 Å². The van der Waals surface area contributed by atoms with Gasteiger partial charge in [-0.05, 0) is 27.7 Å². The van der Waals surface area contributed by atoms with Crippen LogP contribution in [-0.2, 0) is 9.59 Å². The number of primary amides is 1. The lowest BCUT2D eigenvalue weighted by Crippen LogP contribution is -2.45. The minimum atomic E-state index is -0.728. The molecule has 0 aliphatic heterocycles. The molecule has 2 amide bonds. The van der Waals surface area contributed by atoms with E-state index in [-0.39, 0.29) is 18.9 Å². The average molecular weight is 215 g/mol.